The highest BCUT2D eigenvalue weighted by Gasteiger charge is 2.30. The Morgan fingerprint density at radius 1 is 1.33 bits per heavy atom. The number of rotatable bonds is 4. The molecule has 0 fully saturated rings. The lowest BCUT2D eigenvalue weighted by molar-refractivity contribution is -0.133. The number of amides is 2. The second kappa shape index (κ2) is 6.86. The number of hydrogen-bond acceptors (Lipinski definition) is 3. The predicted molar refractivity (Wildman–Crippen MR) is 89.9 cm³/mol. The lowest BCUT2D eigenvalue weighted by Crippen LogP contribution is -2.41. The number of nitrogens with zero attached hydrogens (tertiary/aromatic N) is 3. The summed E-state index contributed by atoms with van der Waals surface area (Å²) in [5.41, 5.74) is 3.26. The van der Waals surface area contributed by atoms with Crippen LogP contribution in [0, 0.1) is 0 Å². The van der Waals surface area contributed by atoms with Crippen LogP contribution in [-0.2, 0) is 29.6 Å². The molecule has 6 nitrogen and oxygen atoms in total. The number of aromatic nitrogens is 2. The average molecular weight is 326 g/mol. The monoisotopic (exact) mass is 326 g/mol. The molecule has 3 rings (SSSR count). The van der Waals surface area contributed by atoms with Crippen molar-refractivity contribution >= 4 is 11.8 Å². The third-order valence-electron chi connectivity index (χ3n) is 4.44. The van der Waals surface area contributed by atoms with Crippen molar-refractivity contribution < 1.29 is 9.59 Å². The molecule has 0 unspecified atom stereocenters. The predicted octanol–water partition coefficient (Wildman–Crippen LogP) is 1.57. The van der Waals surface area contributed by atoms with Crippen LogP contribution in [0.1, 0.15) is 36.1 Å². The summed E-state index contributed by atoms with van der Waals surface area (Å²) in [6, 6.07) is 7.86. The van der Waals surface area contributed by atoms with Crippen molar-refractivity contribution in [1.29, 1.82) is 0 Å². The Morgan fingerprint density at radius 3 is 2.83 bits per heavy atom. The zero-order valence-corrected chi connectivity index (χ0v) is 14.0. The molecule has 0 saturated heterocycles. The number of fused-ring (bicyclic) bond motifs is 1. The van der Waals surface area contributed by atoms with Crippen LogP contribution in [-0.4, -0.2) is 33.0 Å². The molecule has 1 aromatic heterocycles. The highest BCUT2D eigenvalue weighted by Crippen LogP contribution is 2.32. The number of benzene rings is 1. The van der Waals surface area contributed by atoms with E-state index in [-0.39, 0.29) is 24.3 Å². The van der Waals surface area contributed by atoms with E-state index in [0.29, 0.717) is 13.1 Å². The molecule has 6 heteroatoms. The summed E-state index contributed by atoms with van der Waals surface area (Å²) in [5.74, 6) is -0.0543. The smallest absolute Gasteiger partial charge is 0.222 e. The molecule has 0 saturated carbocycles. The first-order valence-electron chi connectivity index (χ1n) is 8.14. The topological polar surface area (TPSA) is 67.2 Å². The molecule has 1 aliphatic heterocycles. The third-order valence-corrected chi connectivity index (χ3v) is 4.44. The molecule has 1 atom stereocenters. The van der Waals surface area contributed by atoms with Crippen molar-refractivity contribution in [3.63, 3.8) is 0 Å². The first-order valence-corrected chi connectivity index (χ1v) is 8.14. The molecule has 2 aromatic rings. The van der Waals surface area contributed by atoms with Crippen LogP contribution in [0.15, 0.2) is 36.7 Å². The zero-order valence-electron chi connectivity index (χ0n) is 14.0. The molecule has 0 spiro atoms. The Labute approximate surface area is 141 Å². The van der Waals surface area contributed by atoms with Gasteiger partial charge in [-0.3, -0.25) is 14.3 Å². The number of nitrogens with one attached hydrogen (secondary N) is 1. The van der Waals surface area contributed by atoms with Crippen molar-refractivity contribution in [2.24, 2.45) is 7.05 Å². The van der Waals surface area contributed by atoms with Gasteiger partial charge in [-0.2, -0.15) is 5.10 Å². The van der Waals surface area contributed by atoms with Crippen molar-refractivity contribution in [1.82, 2.24) is 20.0 Å². The van der Waals surface area contributed by atoms with Gasteiger partial charge in [-0.25, -0.2) is 0 Å². The van der Waals surface area contributed by atoms with Crippen LogP contribution >= 0.6 is 0 Å². The van der Waals surface area contributed by atoms with Gasteiger partial charge in [0.15, 0.2) is 0 Å². The Hall–Kier alpha value is -2.63. The van der Waals surface area contributed by atoms with Crippen molar-refractivity contribution in [2.75, 3.05) is 6.54 Å². The summed E-state index contributed by atoms with van der Waals surface area (Å²) >= 11 is 0. The maximum Gasteiger partial charge on any atom is 0.222 e. The minimum absolute atomic E-state index is 0.00885. The average Bonchev–Trinajstić information content (AvgIpc) is 2.98. The van der Waals surface area contributed by atoms with Crippen molar-refractivity contribution in [3.8, 4) is 0 Å². The van der Waals surface area contributed by atoms with E-state index in [1.165, 1.54) is 5.56 Å². The number of hydrogen-bond donors (Lipinski definition) is 1. The summed E-state index contributed by atoms with van der Waals surface area (Å²) in [6.45, 7) is 2.67. The molecule has 2 amide bonds. The van der Waals surface area contributed by atoms with E-state index < -0.39 is 0 Å². The normalized spacial score (nSPS) is 16.6. The lowest BCUT2D eigenvalue weighted by Gasteiger charge is -2.36. The van der Waals surface area contributed by atoms with E-state index in [2.05, 4.69) is 16.5 Å². The van der Waals surface area contributed by atoms with Gasteiger partial charge in [-0.15, -0.1) is 0 Å². The van der Waals surface area contributed by atoms with Crippen LogP contribution in [0.3, 0.4) is 0 Å². The summed E-state index contributed by atoms with van der Waals surface area (Å²) in [6.07, 6.45) is 4.72. The van der Waals surface area contributed by atoms with Gasteiger partial charge in [-0.1, -0.05) is 24.3 Å². The first kappa shape index (κ1) is 16.2. The molecule has 0 aliphatic carbocycles. The van der Waals surface area contributed by atoms with E-state index in [0.717, 1.165) is 17.5 Å². The number of carbonyl (C=O) groups is 2. The minimum Gasteiger partial charge on any atom is -0.352 e. The molecule has 126 valence electrons. The van der Waals surface area contributed by atoms with Gasteiger partial charge < -0.3 is 10.2 Å². The van der Waals surface area contributed by atoms with Gasteiger partial charge >= 0.3 is 0 Å². The fraction of sp³-hybridized carbons (Fsp3) is 0.389. The number of aryl methyl sites for hydroxylation is 1. The second-order valence-corrected chi connectivity index (χ2v) is 6.18. The summed E-state index contributed by atoms with van der Waals surface area (Å²) < 4.78 is 1.70. The first-order chi connectivity index (χ1) is 11.5. The standard InChI is InChI=1S/C18H22N4O2/c1-13(23)22-8-7-15-5-3-4-6-16(15)17(22)9-18(24)19-10-14-11-20-21(2)12-14/h3-6,11-12,17H,7-10H2,1-2H3,(H,19,24)/t17-/m0/s1. The van der Waals surface area contributed by atoms with Gasteiger partial charge in [0, 0.05) is 38.8 Å². The van der Waals surface area contributed by atoms with Crippen LogP contribution in [0.25, 0.3) is 0 Å². The van der Waals surface area contributed by atoms with Gasteiger partial charge in [-0.05, 0) is 17.5 Å². The van der Waals surface area contributed by atoms with Gasteiger partial charge in [0.2, 0.25) is 11.8 Å². The maximum absolute atomic E-state index is 12.4. The Kier molecular flexibility index (Phi) is 4.64. The third kappa shape index (κ3) is 3.48. The largest absolute Gasteiger partial charge is 0.352 e. The molecular weight excluding hydrogens is 304 g/mol. The van der Waals surface area contributed by atoms with Crippen LogP contribution in [0.2, 0.25) is 0 Å². The highest BCUT2D eigenvalue weighted by molar-refractivity contribution is 5.79. The molecule has 0 radical (unpaired) electrons. The summed E-state index contributed by atoms with van der Waals surface area (Å²) in [4.78, 5) is 26.2. The zero-order chi connectivity index (χ0) is 17.1. The van der Waals surface area contributed by atoms with Crippen molar-refractivity contribution in [3.05, 3.63) is 53.3 Å². The quantitative estimate of drug-likeness (QED) is 0.927. The van der Waals surface area contributed by atoms with Crippen LogP contribution < -0.4 is 5.32 Å². The van der Waals surface area contributed by atoms with Gasteiger partial charge in [0.1, 0.15) is 0 Å². The molecule has 24 heavy (non-hydrogen) atoms. The van der Waals surface area contributed by atoms with Crippen LogP contribution in [0.4, 0.5) is 0 Å². The fourth-order valence-corrected chi connectivity index (χ4v) is 3.26. The minimum atomic E-state index is -0.193. The second-order valence-electron chi connectivity index (χ2n) is 6.18. The molecule has 1 aliphatic rings. The SMILES string of the molecule is CC(=O)N1CCc2ccccc2[C@@H]1CC(=O)NCc1cnn(C)c1. The summed E-state index contributed by atoms with van der Waals surface area (Å²) in [7, 11) is 1.84. The van der Waals surface area contributed by atoms with E-state index in [1.807, 2.05) is 31.4 Å². The molecule has 1 aromatic carbocycles. The Bertz CT molecular complexity index is 753. The van der Waals surface area contributed by atoms with Crippen LogP contribution in [0.5, 0.6) is 0 Å². The lowest BCUT2D eigenvalue weighted by atomic mass is 9.90. The van der Waals surface area contributed by atoms with E-state index in [9.17, 15) is 9.59 Å². The fourth-order valence-electron chi connectivity index (χ4n) is 3.26. The maximum atomic E-state index is 12.4. The number of carbonyl (C=O) groups excluding carboxylic acids is 2. The molecular formula is C18H22N4O2. The molecule has 1 N–H and O–H groups in total. The highest BCUT2D eigenvalue weighted by atomic mass is 16.2. The Morgan fingerprint density at radius 2 is 2.12 bits per heavy atom. The molecule has 0 bridgehead atoms. The van der Waals surface area contributed by atoms with E-state index >= 15 is 0 Å². The summed E-state index contributed by atoms with van der Waals surface area (Å²) in [5, 5.41) is 7.01. The van der Waals surface area contributed by atoms with E-state index in [4.69, 9.17) is 0 Å². The van der Waals surface area contributed by atoms with E-state index in [1.54, 1.807) is 22.7 Å². The Balaban J connectivity index is 1.70. The van der Waals surface area contributed by atoms with Crippen molar-refractivity contribution in [2.45, 2.75) is 32.4 Å². The molecule has 2 heterocycles. The van der Waals surface area contributed by atoms with Gasteiger partial charge in [0.25, 0.3) is 0 Å². The van der Waals surface area contributed by atoms with Gasteiger partial charge in [0.05, 0.1) is 18.7 Å².